The molecule has 0 aromatic carbocycles. The molecule has 0 aliphatic carbocycles. The maximum Gasteiger partial charge on any atom is 0.137 e. The Kier molecular flexibility index (Phi) is 1.89. The van der Waals surface area contributed by atoms with E-state index in [1.807, 2.05) is 12.2 Å². The Bertz CT molecular complexity index is 207. The van der Waals surface area contributed by atoms with E-state index in [2.05, 4.69) is 10.9 Å². The number of aliphatic imine (C=N–C) groups is 1. The topological polar surface area (TPSA) is 21.6 Å². The van der Waals surface area contributed by atoms with Gasteiger partial charge < -0.3 is 4.74 Å². The molecule has 0 aromatic heterocycles. The number of methoxy groups -OCH3 is 1. The van der Waals surface area contributed by atoms with Crippen molar-refractivity contribution in [1.82, 2.24) is 0 Å². The highest BCUT2D eigenvalue weighted by Crippen LogP contribution is 1.98. The molecule has 0 N–H and O–H groups in total. The van der Waals surface area contributed by atoms with Gasteiger partial charge in [0, 0.05) is 0 Å². The van der Waals surface area contributed by atoms with E-state index in [0.29, 0.717) is 0 Å². The van der Waals surface area contributed by atoms with Crippen LogP contribution in [0, 0.1) is 0 Å². The van der Waals surface area contributed by atoms with Crippen molar-refractivity contribution in [2.45, 2.75) is 0 Å². The van der Waals surface area contributed by atoms with Crippen molar-refractivity contribution in [2.75, 3.05) is 7.11 Å². The van der Waals surface area contributed by atoms with Gasteiger partial charge in [0.1, 0.15) is 5.76 Å². The Balaban J connectivity index is 2.78. The van der Waals surface area contributed by atoms with Crippen LogP contribution in [0.25, 0.3) is 0 Å². The zero-order valence-corrected chi connectivity index (χ0v) is 5.16. The first-order chi connectivity index (χ1) is 4.43. The molecule has 0 unspecified atom stereocenters. The zero-order chi connectivity index (χ0) is 6.53. The molecule has 1 aliphatic heterocycles. The van der Waals surface area contributed by atoms with E-state index in [-0.39, 0.29) is 0 Å². The second-order valence-electron chi connectivity index (χ2n) is 1.52. The van der Waals surface area contributed by atoms with E-state index >= 15 is 0 Å². The summed E-state index contributed by atoms with van der Waals surface area (Å²) in [7, 11) is 1.61. The number of hydrogen-bond donors (Lipinski definition) is 0. The molecule has 1 aliphatic rings. The minimum atomic E-state index is 0.747. The van der Waals surface area contributed by atoms with Crippen molar-refractivity contribution in [3.05, 3.63) is 30.2 Å². The van der Waals surface area contributed by atoms with Gasteiger partial charge in [0.05, 0.1) is 13.3 Å². The summed E-state index contributed by atoms with van der Waals surface area (Å²) in [5, 5.41) is 0. The fourth-order valence-electron chi connectivity index (χ4n) is 0.494. The molecular weight excluding hydrogens is 114 g/mol. The van der Waals surface area contributed by atoms with Crippen LogP contribution in [0.4, 0.5) is 0 Å². The third kappa shape index (κ3) is 1.59. The third-order valence-corrected chi connectivity index (χ3v) is 0.933. The number of ether oxygens (including phenoxy) is 1. The molecular formula is C7H7NO. The lowest BCUT2D eigenvalue weighted by Crippen LogP contribution is -1.77. The molecule has 0 bridgehead atoms. The Labute approximate surface area is 53.9 Å². The molecule has 0 spiro atoms. The number of nitrogens with zero attached hydrogens (tertiary/aromatic N) is 1. The minimum absolute atomic E-state index is 0.747. The first-order valence-electron chi connectivity index (χ1n) is 2.63. The molecule has 0 saturated heterocycles. The van der Waals surface area contributed by atoms with Crippen molar-refractivity contribution < 1.29 is 4.74 Å². The van der Waals surface area contributed by atoms with E-state index in [9.17, 15) is 0 Å². The largest absolute Gasteiger partial charge is 0.495 e. The molecule has 1 heterocycles. The standard InChI is InChI=1S/C7H7NO/c1-9-7-4-2-3-5-8-6-7/h2-4,6H,1H3. The lowest BCUT2D eigenvalue weighted by atomic mass is 10.4. The van der Waals surface area contributed by atoms with Crippen LogP contribution < -0.4 is 0 Å². The Morgan fingerprint density at radius 3 is 3.33 bits per heavy atom. The van der Waals surface area contributed by atoms with E-state index in [1.54, 1.807) is 19.4 Å². The fourth-order valence-corrected chi connectivity index (χ4v) is 0.494. The molecule has 0 saturated carbocycles. The molecule has 0 aromatic rings. The number of rotatable bonds is 1. The number of hydrogen-bond acceptors (Lipinski definition) is 2. The maximum absolute atomic E-state index is 4.89. The molecule has 2 nitrogen and oxygen atoms in total. The Morgan fingerprint density at radius 1 is 1.67 bits per heavy atom. The van der Waals surface area contributed by atoms with Crippen molar-refractivity contribution >= 4 is 5.87 Å². The van der Waals surface area contributed by atoms with Gasteiger partial charge in [-0.3, -0.25) is 0 Å². The van der Waals surface area contributed by atoms with E-state index in [1.165, 1.54) is 0 Å². The highest BCUT2D eigenvalue weighted by atomic mass is 16.5. The van der Waals surface area contributed by atoms with Crippen LogP contribution in [0.3, 0.4) is 0 Å². The second kappa shape index (κ2) is 2.90. The van der Waals surface area contributed by atoms with Crippen LogP contribution in [0.15, 0.2) is 35.2 Å². The van der Waals surface area contributed by atoms with Gasteiger partial charge in [0.15, 0.2) is 0 Å². The molecule has 9 heavy (non-hydrogen) atoms. The summed E-state index contributed by atoms with van der Waals surface area (Å²) in [4.78, 5) is 3.77. The summed E-state index contributed by atoms with van der Waals surface area (Å²) in [5.74, 6) is 3.41. The summed E-state index contributed by atoms with van der Waals surface area (Å²) in [6, 6.07) is 0. The van der Waals surface area contributed by atoms with Crippen LogP contribution in [0.5, 0.6) is 0 Å². The molecule has 0 fully saturated rings. The van der Waals surface area contributed by atoms with Gasteiger partial charge in [-0.1, -0.05) is 0 Å². The highest BCUT2D eigenvalue weighted by molar-refractivity contribution is 5.57. The average molecular weight is 121 g/mol. The predicted molar refractivity (Wildman–Crippen MR) is 36.2 cm³/mol. The lowest BCUT2D eigenvalue weighted by molar-refractivity contribution is 0.306. The number of allylic oxidation sites excluding steroid dienone is 3. The predicted octanol–water partition coefficient (Wildman–Crippen LogP) is 1.27. The first kappa shape index (κ1) is 5.86. The van der Waals surface area contributed by atoms with Crippen LogP contribution in [-0.4, -0.2) is 13.0 Å². The highest BCUT2D eigenvalue weighted by Gasteiger charge is 1.85. The fraction of sp³-hybridized carbons (Fsp3) is 0.143. The van der Waals surface area contributed by atoms with Crippen LogP contribution in [0.1, 0.15) is 0 Å². The van der Waals surface area contributed by atoms with Gasteiger partial charge in [-0.15, -0.1) is 0 Å². The normalized spacial score (nSPS) is 15.0. The Morgan fingerprint density at radius 2 is 2.56 bits per heavy atom. The van der Waals surface area contributed by atoms with Crippen LogP contribution in [-0.2, 0) is 4.74 Å². The van der Waals surface area contributed by atoms with Crippen molar-refractivity contribution in [2.24, 2.45) is 4.99 Å². The third-order valence-electron chi connectivity index (χ3n) is 0.933. The quantitative estimate of drug-likeness (QED) is 0.512. The monoisotopic (exact) mass is 121 g/mol. The Hall–Kier alpha value is -1.27. The summed E-state index contributed by atoms with van der Waals surface area (Å²) >= 11 is 0. The molecule has 2 heteroatoms. The average Bonchev–Trinajstić information content (AvgIpc) is 2.13. The SMILES string of the molecule is COC1=CN=C=CC=C1. The van der Waals surface area contributed by atoms with Gasteiger partial charge in [0.2, 0.25) is 0 Å². The zero-order valence-electron chi connectivity index (χ0n) is 5.16. The van der Waals surface area contributed by atoms with Crippen molar-refractivity contribution in [3.8, 4) is 0 Å². The van der Waals surface area contributed by atoms with Gasteiger partial charge in [0.25, 0.3) is 0 Å². The van der Waals surface area contributed by atoms with Crippen LogP contribution in [0.2, 0.25) is 0 Å². The first-order valence-corrected chi connectivity index (χ1v) is 2.63. The van der Waals surface area contributed by atoms with Gasteiger partial charge in [-0.05, 0) is 24.1 Å². The van der Waals surface area contributed by atoms with Crippen molar-refractivity contribution in [1.29, 1.82) is 0 Å². The van der Waals surface area contributed by atoms with E-state index < -0.39 is 0 Å². The molecule has 0 radical (unpaired) electrons. The summed E-state index contributed by atoms with van der Waals surface area (Å²) in [5.41, 5.74) is 0. The van der Waals surface area contributed by atoms with Gasteiger partial charge in [-0.2, -0.15) is 0 Å². The molecule has 1 rings (SSSR count). The molecule has 0 atom stereocenters. The summed E-state index contributed by atoms with van der Waals surface area (Å²) in [6.07, 6.45) is 6.98. The van der Waals surface area contributed by atoms with Gasteiger partial charge >= 0.3 is 0 Å². The van der Waals surface area contributed by atoms with Crippen LogP contribution >= 0.6 is 0 Å². The van der Waals surface area contributed by atoms with Gasteiger partial charge in [-0.25, -0.2) is 4.99 Å². The summed E-state index contributed by atoms with van der Waals surface area (Å²) in [6.45, 7) is 0. The lowest BCUT2D eigenvalue weighted by Gasteiger charge is -1.93. The van der Waals surface area contributed by atoms with E-state index in [4.69, 9.17) is 4.74 Å². The van der Waals surface area contributed by atoms with Crippen molar-refractivity contribution in [3.63, 3.8) is 0 Å². The summed E-state index contributed by atoms with van der Waals surface area (Å²) < 4.78 is 4.89. The maximum atomic E-state index is 4.89. The minimum Gasteiger partial charge on any atom is -0.495 e. The second-order valence-corrected chi connectivity index (χ2v) is 1.52. The molecule has 0 amide bonds. The smallest absolute Gasteiger partial charge is 0.137 e. The molecule has 46 valence electrons. The van der Waals surface area contributed by atoms with E-state index in [0.717, 1.165) is 5.76 Å².